The van der Waals surface area contributed by atoms with Gasteiger partial charge in [0.1, 0.15) is 6.54 Å². The average Bonchev–Trinajstić information content (AvgIpc) is 2.84. The van der Waals surface area contributed by atoms with Crippen molar-refractivity contribution in [2.24, 2.45) is 0 Å². The van der Waals surface area contributed by atoms with Crippen LogP contribution in [0.15, 0.2) is 89.8 Å². The number of nitrogens with one attached hydrogen (secondary N) is 1. The van der Waals surface area contributed by atoms with Gasteiger partial charge in [0.15, 0.2) is 9.84 Å². The Morgan fingerprint density at radius 3 is 2.20 bits per heavy atom. The van der Waals surface area contributed by atoms with Gasteiger partial charge in [-0.1, -0.05) is 60.7 Å². The normalized spacial score (nSPS) is 17.7. The van der Waals surface area contributed by atoms with E-state index in [1.165, 1.54) is 11.0 Å². The molecule has 4 rings (SSSR count). The van der Waals surface area contributed by atoms with Gasteiger partial charge in [0, 0.05) is 12.1 Å². The fourth-order valence-corrected chi connectivity index (χ4v) is 5.51. The van der Waals surface area contributed by atoms with Gasteiger partial charge in [0.05, 0.1) is 15.8 Å². The van der Waals surface area contributed by atoms with Gasteiger partial charge in [0.2, 0.25) is 11.8 Å². The standard InChI is InChI=1S/C23H20N2O4S/c26-22(24-18-11-5-2-6-12-18)16-25-19-13-7-8-14-20(19)30(28,29)21(15-23(25)27)17-9-3-1-4-10-17/h1-14,21H,15-16H2,(H,24,26). The van der Waals surface area contributed by atoms with Crippen LogP contribution in [-0.2, 0) is 19.4 Å². The van der Waals surface area contributed by atoms with E-state index in [4.69, 9.17) is 0 Å². The van der Waals surface area contributed by atoms with Crippen LogP contribution in [-0.4, -0.2) is 26.8 Å². The number of carbonyl (C=O) groups excluding carboxylic acids is 2. The van der Waals surface area contributed by atoms with Crippen molar-refractivity contribution in [1.82, 2.24) is 0 Å². The van der Waals surface area contributed by atoms with Crippen molar-refractivity contribution in [3.8, 4) is 0 Å². The van der Waals surface area contributed by atoms with Gasteiger partial charge >= 0.3 is 0 Å². The molecule has 7 heteroatoms. The van der Waals surface area contributed by atoms with Crippen molar-refractivity contribution in [1.29, 1.82) is 0 Å². The first-order chi connectivity index (χ1) is 14.5. The first-order valence-electron chi connectivity index (χ1n) is 9.50. The highest BCUT2D eigenvalue weighted by atomic mass is 32.2. The van der Waals surface area contributed by atoms with E-state index in [2.05, 4.69) is 5.32 Å². The zero-order valence-corrected chi connectivity index (χ0v) is 16.9. The number of rotatable bonds is 4. The topological polar surface area (TPSA) is 83.6 Å². The highest BCUT2D eigenvalue weighted by molar-refractivity contribution is 7.92. The van der Waals surface area contributed by atoms with E-state index in [1.807, 2.05) is 6.07 Å². The number of carbonyl (C=O) groups is 2. The van der Waals surface area contributed by atoms with Crippen LogP contribution in [0.5, 0.6) is 0 Å². The molecule has 1 atom stereocenters. The van der Waals surface area contributed by atoms with Crippen molar-refractivity contribution >= 4 is 33.0 Å². The molecule has 30 heavy (non-hydrogen) atoms. The number of benzene rings is 3. The molecule has 0 saturated carbocycles. The summed E-state index contributed by atoms with van der Waals surface area (Å²) in [6.07, 6.45) is -0.236. The lowest BCUT2D eigenvalue weighted by Gasteiger charge is -2.21. The largest absolute Gasteiger partial charge is 0.325 e. The third-order valence-corrected chi connectivity index (χ3v) is 7.18. The van der Waals surface area contributed by atoms with E-state index in [1.54, 1.807) is 72.8 Å². The van der Waals surface area contributed by atoms with Crippen molar-refractivity contribution < 1.29 is 18.0 Å². The van der Waals surface area contributed by atoms with Crippen molar-refractivity contribution in [3.63, 3.8) is 0 Å². The van der Waals surface area contributed by atoms with Crippen LogP contribution in [0.25, 0.3) is 0 Å². The van der Waals surface area contributed by atoms with Crippen LogP contribution in [0, 0.1) is 0 Å². The maximum Gasteiger partial charge on any atom is 0.244 e. The van der Waals surface area contributed by atoms with Crippen LogP contribution >= 0.6 is 0 Å². The minimum atomic E-state index is -3.83. The molecule has 1 unspecified atom stereocenters. The van der Waals surface area contributed by atoms with Gasteiger partial charge < -0.3 is 10.2 Å². The third-order valence-electron chi connectivity index (χ3n) is 5.03. The number of hydrogen-bond acceptors (Lipinski definition) is 4. The first kappa shape index (κ1) is 19.8. The van der Waals surface area contributed by atoms with Crippen LogP contribution in [0.4, 0.5) is 11.4 Å². The van der Waals surface area contributed by atoms with Crippen LogP contribution in [0.2, 0.25) is 0 Å². The molecular formula is C23H20N2O4S. The molecule has 0 radical (unpaired) electrons. The summed E-state index contributed by atoms with van der Waals surface area (Å²) in [4.78, 5) is 27.0. The molecule has 6 nitrogen and oxygen atoms in total. The Kier molecular flexibility index (Phi) is 5.37. The molecule has 1 aliphatic rings. The van der Waals surface area contributed by atoms with E-state index in [0.717, 1.165) is 0 Å². The minimum absolute atomic E-state index is 0.0530. The molecule has 2 amide bonds. The first-order valence-corrected chi connectivity index (χ1v) is 11.0. The van der Waals surface area contributed by atoms with Gasteiger partial charge in [-0.2, -0.15) is 0 Å². The van der Waals surface area contributed by atoms with Gasteiger partial charge in [-0.05, 0) is 29.8 Å². The van der Waals surface area contributed by atoms with Gasteiger partial charge in [-0.25, -0.2) is 8.42 Å². The highest BCUT2D eigenvalue weighted by Gasteiger charge is 2.39. The number of hydrogen-bond donors (Lipinski definition) is 1. The molecule has 3 aromatic rings. The maximum atomic E-state index is 13.4. The smallest absolute Gasteiger partial charge is 0.244 e. The van der Waals surface area contributed by atoms with Gasteiger partial charge in [-0.3, -0.25) is 9.59 Å². The summed E-state index contributed by atoms with van der Waals surface area (Å²) in [5, 5.41) is 1.74. The molecule has 1 heterocycles. The number of fused-ring (bicyclic) bond motifs is 1. The van der Waals surface area contributed by atoms with Crippen molar-refractivity contribution in [3.05, 3.63) is 90.5 Å². The van der Waals surface area contributed by atoms with Crippen molar-refractivity contribution in [2.75, 3.05) is 16.8 Å². The Bertz CT molecular complexity index is 1180. The summed E-state index contributed by atoms with van der Waals surface area (Å²) < 4.78 is 26.8. The number of anilines is 2. The van der Waals surface area contributed by atoms with E-state index < -0.39 is 26.9 Å². The van der Waals surface area contributed by atoms with Gasteiger partial charge in [-0.15, -0.1) is 0 Å². The second-order valence-electron chi connectivity index (χ2n) is 7.01. The quantitative estimate of drug-likeness (QED) is 0.699. The fourth-order valence-electron chi connectivity index (χ4n) is 3.59. The SMILES string of the molecule is O=C(CN1C(=O)CC(c2ccccc2)S(=O)(=O)c2ccccc21)Nc1ccccc1. The fraction of sp³-hybridized carbons (Fsp3) is 0.130. The Morgan fingerprint density at radius 1 is 0.900 bits per heavy atom. The summed E-state index contributed by atoms with van der Waals surface area (Å²) in [5.41, 5.74) is 1.38. The van der Waals surface area contributed by atoms with E-state index in [-0.39, 0.29) is 23.5 Å². The summed E-state index contributed by atoms with van der Waals surface area (Å²) in [6.45, 7) is -0.276. The lowest BCUT2D eigenvalue weighted by Crippen LogP contribution is -2.38. The zero-order valence-electron chi connectivity index (χ0n) is 16.1. The number of sulfone groups is 1. The summed E-state index contributed by atoms with van der Waals surface area (Å²) in [5.74, 6) is -0.819. The maximum absolute atomic E-state index is 13.4. The van der Waals surface area contributed by atoms with Crippen LogP contribution in [0.1, 0.15) is 17.2 Å². The Balaban J connectivity index is 1.71. The lowest BCUT2D eigenvalue weighted by molar-refractivity contribution is -0.121. The van der Waals surface area contributed by atoms with E-state index in [0.29, 0.717) is 11.3 Å². The van der Waals surface area contributed by atoms with E-state index in [9.17, 15) is 18.0 Å². The lowest BCUT2D eigenvalue weighted by atomic mass is 10.1. The molecule has 1 aliphatic heterocycles. The van der Waals surface area contributed by atoms with E-state index >= 15 is 0 Å². The number of amides is 2. The predicted octanol–water partition coefficient (Wildman–Crippen LogP) is 3.58. The Morgan fingerprint density at radius 2 is 1.50 bits per heavy atom. The molecule has 3 aromatic carbocycles. The monoisotopic (exact) mass is 420 g/mol. The van der Waals surface area contributed by atoms with Crippen molar-refractivity contribution in [2.45, 2.75) is 16.6 Å². The third kappa shape index (κ3) is 3.84. The summed E-state index contributed by atoms with van der Waals surface area (Å²) in [6, 6.07) is 23.9. The van der Waals surface area contributed by atoms with Crippen LogP contribution < -0.4 is 10.2 Å². The zero-order chi connectivity index (χ0) is 21.1. The molecule has 0 fully saturated rings. The second kappa shape index (κ2) is 8.12. The molecule has 152 valence electrons. The Hall–Kier alpha value is -3.45. The number of nitrogens with zero attached hydrogens (tertiary/aromatic N) is 1. The molecule has 0 saturated heterocycles. The second-order valence-corrected chi connectivity index (χ2v) is 9.11. The molecule has 1 N–H and O–H groups in total. The number of para-hydroxylation sites is 2. The molecule has 0 bridgehead atoms. The minimum Gasteiger partial charge on any atom is -0.325 e. The summed E-state index contributed by atoms with van der Waals surface area (Å²) in [7, 11) is -3.83. The highest BCUT2D eigenvalue weighted by Crippen LogP contribution is 2.40. The predicted molar refractivity (Wildman–Crippen MR) is 115 cm³/mol. The van der Waals surface area contributed by atoms with Gasteiger partial charge in [0.25, 0.3) is 0 Å². The molecule has 0 aromatic heterocycles. The summed E-state index contributed by atoms with van der Waals surface area (Å²) >= 11 is 0. The Labute approximate surface area is 175 Å². The molecule has 0 spiro atoms. The molecule has 0 aliphatic carbocycles. The molecular weight excluding hydrogens is 400 g/mol. The average molecular weight is 420 g/mol. The van der Waals surface area contributed by atoms with Crippen LogP contribution in [0.3, 0.4) is 0 Å².